The first-order valence-corrected chi connectivity index (χ1v) is 13.3. The first-order chi connectivity index (χ1) is 19.4. The van der Waals surface area contributed by atoms with Gasteiger partial charge in [-0.2, -0.15) is 0 Å². The highest BCUT2D eigenvalue weighted by atomic mass is 16.7. The predicted octanol–water partition coefficient (Wildman–Crippen LogP) is 2.29. The van der Waals surface area contributed by atoms with E-state index in [1.807, 2.05) is 30.3 Å². The number of benzene rings is 2. The number of ether oxygens (including phenoxy) is 3. The van der Waals surface area contributed by atoms with E-state index in [9.17, 15) is 19.2 Å². The summed E-state index contributed by atoms with van der Waals surface area (Å²) >= 11 is 0. The van der Waals surface area contributed by atoms with Crippen molar-refractivity contribution in [3.8, 4) is 11.5 Å². The highest BCUT2D eigenvalue weighted by Crippen LogP contribution is 2.32. The molecule has 0 saturated carbocycles. The number of fused-ring (bicyclic) bond motifs is 1. The van der Waals surface area contributed by atoms with Gasteiger partial charge in [0.15, 0.2) is 11.5 Å². The Hall–Kier alpha value is -4.60. The van der Waals surface area contributed by atoms with Crippen molar-refractivity contribution in [2.24, 2.45) is 5.92 Å². The molecule has 3 unspecified atom stereocenters. The summed E-state index contributed by atoms with van der Waals surface area (Å²) in [5.74, 6) is -0.589. The molecule has 210 valence electrons. The van der Waals surface area contributed by atoms with Crippen LogP contribution in [0.15, 0.2) is 66.8 Å². The summed E-state index contributed by atoms with van der Waals surface area (Å²) in [4.78, 5) is 50.5. The number of esters is 1. The summed E-state index contributed by atoms with van der Waals surface area (Å²) in [6, 6.07) is 13.1. The molecule has 3 amide bonds. The van der Waals surface area contributed by atoms with Gasteiger partial charge in [0.05, 0.1) is 6.61 Å². The third kappa shape index (κ3) is 8.20. The molecule has 10 heteroatoms. The predicted molar refractivity (Wildman–Crippen MR) is 147 cm³/mol. The summed E-state index contributed by atoms with van der Waals surface area (Å²) in [5.41, 5.74) is 1.60. The molecule has 1 fully saturated rings. The van der Waals surface area contributed by atoms with E-state index in [-0.39, 0.29) is 31.6 Å². The zero-order valence-electron chi connectivity index (χ0n) is 22.3. The van der Waals surface area contributed by atoms with Crippen LogP contribution in [0.1, 0.15) is 30.9 Å². The van der Waals surface area contributed by atoms with Crippen LogP contribution in [0.5, 0.6) is 11.5 Å². The standard InChI is InChI=1S/C30H33N3O7/c1-2-38-28(35)13-10-23(18-22-14-15-31-29(22)36)32-30(37)24(16-20-6-4-3-5-7-20)33-27(34)12-9-21-8-11-25-26(17-21)40-19-39-25/h3-13,17,22-24H,2,14-16,18-19H2,1H3,(H,31,36)(H,32,37)(H,33,34). The highest BCUT2D eigenvalue weighted by Gasteiger charge is 2.29. The second-order valence-electron chi connectivity index (χ2n) is 9.44. The zero-order valence-corrected chi connectivity index (χ0v) is 22.3. The summed E-state index contributed by atoms with van der Waals surface area (Å²) < 4.78 is 15.7. The van der Waals surface area contributed by atoms with Crippen molar-refractivity contribution in [3.05, 3.63) is 77.9 Å². The van der Waals surface area contributed by atoms with E-state index in [0.29, 0.717) is 30.9 Å². The molecule has 0 aromatic heterocycles. The Morgan fingerprint density at radius 1 is 1.07 bits per heavy atom. The average Bonchev–Trinajstić information content (AvgIpc) is 3.59. The highest BCUT2D eigenvalue weighted by molar-refractivity contribution is 5.96. The molecule has 2 aliphatic heterocycles. The molecule has 2 aliphatic rings. The van der Waals surface area contributed by atoms with Crippen LogP contribution >= 0.6 is 0 Å². The number of nitrogens with one attached hydrogen (secondary N) is 3. The van der Waals surface area contributed by atoms with Gasteiger partial charge in [0, 0.05) is 37.1 Å². The largest absolute Gasteiger partial charge is 0.463 e. The van der Waals surface area contributed by atoms with Crippen molar-refractivity contribution < 1.29 is 33.4 Å². The molecule has 0 spiro atoms. The van der Waals surface area contributed by atoms with Crippen LogP contribution in [0, 0.1) is 5.92 Å². The number of rotatable bonds is 12. The Kier molecular flexibility index (Phi) is 9.93. The number of hydrogen-bond acceptors (Lipinski definition) is 7. The second-order valence-corrected chi connectivity index (χ2v) is 9.44. The third-order valence-corrected chi connectivity index (χ3v) is 6.52. The quantitative estimate of drug-likeness (QED) is 0.274. The maximum atomic E-state index is 13.5. The molecule has 2 aromatic rings. The summed E-state index contributed by atoms with van der Waals surface area (Å²) in [7, 11) is 0. The molecule has 10 nitrogen and oxygen atoms in total. The van der Waals surface area contributed by atoms with Crippen LogP contribution in [0.3, 0.4) is 0 Å². The van der Waals surface area contributed by atoms with Gasteiger partial charge in [-0.1, -0.05) is 42.5 Å². The Morgan fingerprint density at radius 3 is 2.62 bits per heavy atom. The molecule has 2 heterocycles. The van der Waals surface area contributed by atoms with Gasteiger partial charge < -0.3 is 30.2 Å². The van der Waals surface area contributed by atoms with Crippen LogP contribution in [-0.4, -0.2) is 55.7 Å². The number of amides is 3. The van der Waals surface area contributed by atoms with E-state index >= 15 is 0 Å². The van der Waals surface area contributed by atoms with Crippen LogP contribution in [0.2, 0.25) is 0 Å². The minimum absolute atomic E-state index is 0.0911. The fraction of sp³-hybridized carbons (Fsp3) is 0.333. The third-order valence-electron chi connectivity index (χ3n) is 6.52. The van der Waals surface area contributed by atoms with Crippen molar-refractivity contribution in [3.63, 3.8) is 0 Å². The lowest BCUT2D eigenvalue weighted by Gasteiger charge is -2.23. The Balaban J connectivity index is 1.47. The summed E-state index contributed by atoms with van der Waals surface area (Å²) in [6.45, 7) is 2.64. The molecule has 3 atom stereocenters. The SMILES string of the molecule is CCOC(=O)C=CC(CC1CCNC1=O)NC(=O)C(Cc1ccccc1)NC(=O)C=Cc1ccc2c(c1)OCO2. The van der Waals surface area contributed by atoms with Crippen molar-refractivity contribution in [1.82, 2.24) is 16.0 Å². The molecule has 3 N–H and O–H groups in total. The van der Waals surface area contributed by atoms with Gasteiger partial charge in [-0.3, -0.25) is 14.4 Å². The van der Waals surface area contributed by atoms with Crippen molar-refractivity contribution in [2.75, 3.05) is 19.9 Å². The smallest absolute Gasteiger partial charge is 0.330 e. The molecule has 0 aliphatic carbocycles. The fourth-order valence-corrected chi connectivity index (χ4v) is 4.50. The second kappa shape index (κ2) is 14.0. The normalized spacial score (nSPS) is 17.4. The van der Waals surface area contributed by atoms with Gasteiger partial charge in [0.25, 0.3) is 0 Å². The zero-order chi connectivity index (χ0) is 28.3. The number of carbonyl (C=O) groups is 4. The van der Waals surface area contributed by atoms with Gasteiger partial charge >= 0.3 is 5.97 Å². The van der Waals surface area contributed by atoms with Gasteiger partial charge in [-0.15, -0.1) is 0 Å². The first-order valence-electron chi connectivity index (χ1n) is 13.3. The van der Waals surface area contributed by atoms with Gasteiger partial charge in [-0.05, 0) is 49.1 Å². The summed E-state index contributed by atoms with van der Waals surface area (Å²) in [6.07, 6.45) is 6.94. The first kappa shape index (κ1) is 28.4. The van der Waals surface area contributed by atoms with Crippen LogP contribution in [0.25, 0.3) is 6.08 Å². The van der Waals surface area contributed by atoms with Crippen LogP contribution < -0.4 is 25.4 Å². The molecular formula is C30H33N3O7. The Morgan fingerprint density at radius 2 is 1.88 bits per heavy atom. The van der Waals surface area contributed by atoms with Crippen LogP contribution in [-0.2, 0) is 30.3 Å². The maximum Gasteiger partial charge on any atom is 0.330 e. The molecule has 0 bridgehead atoms. The molecule has 0 radical (unpaired) electrons. The van der Waals surface area contributed by atoms with Gasteiger partial charge in [0.1, 0.15) is 6.04 Å². The van der Waals surface area contributed by atoms with E-state index in [1.54, 1.807) is 31.2 Å². The molecule has 1 saturated heterocycles. The Labute approximate surface area is 232 Å². The number of hydrogen-bond donors (Lipinski definition) is 3. The maximum absolute atomic E-state index is 13.5. The van der Waals surface area contributed by atoms with Gasteiger partial charge in [-0.25, -0.2) is 4.79 Å². The molecule has 40 heavy (non-hydrogen) atoms. The topological polar surface area (TPSA) is 132 Å². The van der Waals surface area contributed by atoms with E-state index in [0.717, 1.165) is 11.1 Å². The molecule has 2 aromatic carbocycles. The van der Waals surface area contributed by atoms with Crippen LogP contribution in [0.4, 0.5) is 0 Å². The van der Waals surface area contributed by atoms with Crippen molar-refractivity contribution in [1.29, 1.82) is 0 Å². The minimum atomic E-state index is -0.910. The van der Waals surface area contributed by atoms with Crippen molar-refractivity contribution >= 4 is 29.8 Å². The minimum Gasteiger partial charge on any atom is -0.463 e. The van der Waals surface area contributed by atoms with E-state index in [1.165, 1.54) is 18.2 Å². The summed E-state index contributed by atoms with van der Waals surface area (Å²) in [5, 5.41) is 8.49. The fourth-order valence-electron chi connectivity index (χ4n) is 4.50. The van der Waals surface area contributed by atoms with E-state index < -0.39 is 29.9 Å². The molecule has 4 rings (SSSR count). The average molecular weight is 548 g/mol. The lowest BCUT2D eigenvalue weighted by atomic mass is 9.97. The Bertz CT molecular complexity index is 1280. The monoisotopic (exact) mass is 547 g/mol. The van der Waals surface area contributed by atoms with Crippen molar-refractivity contribution in [2.45, 2.75) is 38.3 Å². The van der Waals surface area contributed by atoms with Gasteiger partial charge in [0.2, 0.25) is 24.5 Å². The molecular weight excluding hydrogens is 514 g/mol. The van der Waals surface area contributed by atoms with E-state index in [4.69, 9.17) is 14.2 Å². The lowest BCUT2D eigenvalue weighted by Crippen LogP contribution is -2.50. The number of carbonyl (C=O) groups excluding carboxylic acids is 4. The lowest BCUT2D eigenvalue weighted by molar-refractivity contribution is -0.137. The van der Waals surface area contributed by atoms with E-state index in [2.05, 4.69) is 16.0 Å².